The van der Waals surface area contributed by atoms with Crippen LogP contribution in [0.4, 0.5) is 9.59 Å². The molecule has 0 bridgehead atoms. The highest BCUT2D eigenvalue weighted by Crippen LogP contribution is 2.63. The molecule has 2 amide bonds. The largest absolute Gasteiger partial charge is 0.480 e. The minimum absolute atomic E-state index is 0.0174. The Morgan fingerprint density at radius 3 is 2.18 bits per heavy atom. The number of hydrogen-bond donors (Lipinski definition) is 1. The van der Waals surface area contributed by atoms with Gasteiger partial charge in [0.1, 0.15) is 11.2 Å². The number of imide groups is 1. The summed E-state index contributed by atoms with van der Waals surface area (Å²) < 4.78 is 31.2. The van der Waals surface area contributed by atoms with Crippen molar-refractivity contribution in [3.63, 3.8) is 0 Å². The lowest BCUT2D eigenvalue weighted by atomic mass is 9.95. The number of hydrogen-bond acceptors (Lipinski definition) is 9. The molecule has 1 aromatic heterocycles. The Morgan fingerprint density at radius 1 is 0.918 bits per heavy atom. The van der Waals surface area contributed by atoms with Crippen LogP contribution in [0.1, 0.15) is 73.3 Å². The van der Waals surface area contributed by atoms with Crippen LogP contribution >= 0.6 is 7.37 Å². The third kappa shape index (κ3) is 9.26. The van der Waals surface area contributed by atoms with Crippen LogP contribution in [0, 0.1) is 0 Å². The van der Waals surface area contributed by atoms with Gasteiger partial charge in [0.15, 0.2) is 5.16 Å². The summed E-state index contributed by atoms with van der Waals surface area (Å²) in [6, 6.07) is 16.0. The number of ether oxygens (including phenoxy) is 2. The van der Waals surface area contributed by atoms with Crippen molar-refractivity contribution in [2.45, 2.75) is 90.6 Å². The number of nitrogens with zero attached hydrogens (tertiary/aromatic N) is 3. The Bertz CT molecular complexity index is 1670. The van der Waals surface area contributed by atoms with Gasteiger partial charge < -0.3 is 19.1 Å². The second-order valence-corrected chi connectivity index (χ2v) is 17.4. The molecule has 1 saturated heterocycles. The van der Waals surface area contributed by atoms with Crippen LogP contribution in [0.2, 0.25) is 0 Å². The summed E-state index contributed by atoms with van der Waals surface area (Å²) in [7, 11) is -3.66. The SMILES string of the molecule is CCOP1(=O)CCN(Cc2ccccc2-c2cncc3ccccc23)C[C@@]1(CCCCN(C(=O)OC(C)(C)C)C(=O)OC(C)(C)C)C(=O)O. The smallest absolute Gasteiger partial charge is 0.419 e. The number of unbranched alkanes of at least 4 members (excludes halogenated alkanes) is 1. The van der Waals surface area contributed by atoms with Gasteiger partial charge in [-0.15, -0.1) is 0 Å². The molecular formula is C37H50N3O8P. The minimum Gasteiger partial charge on any atom is -0.480 e. The van der Waals surface area contributed by atoms with E-state index >= 15 is 0 Å². The van der Waals surface area contributed by atoms with Crippen molar-refractivity contribution >= 4 is 36.3 Å². The lowest BCUT2D eigenvalue weighted by Gasteiger charge is -2.45. The molecule has 0 spiro atoms. The number of amides is 2. The Labute approximate surface area is 289 Å². The lowest BCUT2D eigenvalue weighted by molar-refractivity contribution is -0.141. The molecule has 2 atom stereocenters. The van der Waals surface area contributed by atoms with Crippen molar-refractivity contribution in [2.75, 3.05) is 32.4 Å². The highest BCUT2D eigenvalue weighted by Gasteiger charge is 2.58. The van der Waals surface area contributed by atoms with Gasteiger partial charge >= 0.3 is 18.2 Å². The number of aromatic nitrogens is 1. The molecule has 1 N–H and O–H groups in total. The first-order chi connectivity index (χ1) is 23.0. The number of fused-ring (bicyclic) bond motifs is 1. The van der Waals surface area contributed by atoms with Gasteiger partial charge in [-0.05, 0) is 84.2 Å². The van der Waals surface area contributed by atoms with E-state index in [0.29, 0.717) is 13.1 Å². The number of aliphatic carboxylic acids is 1. The summed E-state index contributed by atoms with van der Waals surface area (Å²) in [5.74, 6) is -1.18. The molecule has 0 aliphatic carbocycles. The van der Waals surface area contributed by atoms with E-state index in [4.69, 9.17) is 14.0 Å². The third-order valence-electron chi connectivity index (χ3n) is 8.40. The molecule has 1 aliphatic heterocycles. The maximum Gasteiger partial charge on any atom is 0.419 e. The molecule has 1 aliphatic rings. The second kappa shape index (κ2) is 15.4. The monoisotopic (exact) mass is 695 g/mol. The summed E-state index contributed by atoms with van der Waals surface area (Å²) in [4.78, 5) is 46.6. The Kier molecular flexibility index (Phi) is 11.9. The zero-order valence-corrected chi connectivity index (χ0v) is 30.6. The highest BCUT2D eigenvalue weighted by molar-refractivity contribution is 7.62. The Morgan fingerprint density at radius 2 is 1.55 bits per heavy atom. The number of benzene rings is 2. The van der Waals surface area contributed by atoms with E-state index in [9.17, 15) is 24.1 Å². The molecule has 266 valence electrons. The predicted molar refractivity (Wildman–Crippen MR) is 190 cm³/mol. The van der Waals surface area contributed by atoms with E-state index in [0.717, 1.165) is 32.4 Å². The number of carboxylic acid groups (broad SMARTS) is 1. The first-order valence-electron chi connectivity index (χ1n) is 16.8. The summed E-state index contributed by atoms with van der Waals surface area (Å²) >= 11 is 0. The number of carbonyl (C=O) groups excluding carboxylic acids is 2. The molecule has 3 aromatic rings. The second-order valence-electron chi connectivity index (χ2n) is 14.5. The van der Waals surface area contributed by atoms with Gasteiger partial charge in [0.2, 0.25) is 7.37 Å². The topological polar surface area (TPSA) is 136 Å². The fraction of sp³-hybridized carbons (Fsp3) is 0.514. The Balaban J connectivity index is 1.57. The minimum atomic E-state index is -3.66. The maximum absolute atomic E-state index is 14.4. The first kappa shape index (κ1) is 38.0. The zero-order valence-electron chi connectivity index (χ0n) is 29.7. The number of carbonyl (C=O) groups is 3. The van der Waals surface area contributed by atoms with Gasteiger partial charge in [0, 0.05) is 55.7 Å². The van der Waals surface area contributed by atoms with Crippen molar-refractivity contribution in [2.24, 2.45) is 0 Å². The van der Waals surface area contributed by atoms with Crippen LogP contribution in [-0.4, -0.2) is 86.8 Å². The number of carboxylic acids is 1. The summed E-state index contributed by atoms with van der Waals surface area (Å²) in [6.45, 7) is 12.8. The molecule has 0 saturated carbocycles. The Hall–Kier alpha value is -3.79. The molecule has 4 rings (SSSR count). The molecule has 0 radical (unpaired) electrons. The van der Waals surface area contributed by atoms with Crippen molar-refractivity contribution in [1.29, 1.82) is 0 Å². The predicted octanol–water partition coefficient (Wildman–Crippen LogP) is 8.20. The van der Waals surface area contributed by atoms with Crippen molar-refractivity contribution in [1.82, 2.24) is 14.8 Å². The van der Waals surface area contributed by atoms with E-state index in [1.807, 2.05) is 59.8 Å². The van der Waals surface area contributed by atoms with Gasteiger partial charge in [-0.2, -0.15) is 0 Å². The van der Waals surface area contributed by atoms with Gasteiger partial charge in [-0.3, -0.25) is 19.2 Å². The zero-order chi connectivity index (χ0) is 36.0. The summed E-state index contributed by atoms with van der Waals surface area (Å²) in [5.41, 5.74) is 1.29. The molecular weight excluding hydrogens is 645 g/mol. The van der Waals surface area contributed by atoms with E-state index in [1.165, 1.54) is 0 Å². The number of pyridine rings is 1. The van der Waals surface area contributed by atoms with E-state index in [2.05, 4.69) is 11.1 Å². The molecule has 49 heavy (non-hydrogen) atoms. The van der Waals surface area contributed by atoms with Crippen LogP contribution in [0.3, 0.4) is 0 Å². The van der Waals surface area contributed by atoms with Crippen LogP contribution in [0.15, 0.2) is 60.9 Å². The molecule has 2 heterocycles. The molecule has 1 fully saturated rings. The fourth-order valence-electron chi connectivity index (χ4n) is 6.22. The summed E-state index contributed by atoms with van der Waals surface area (Å²) in [5, 5.41) is 11.2. The van der Waals surface area contributed by atoms with Crippen molar-refractivity contribution in [3.8, 4) is 11.1 Å². The fourth-order valence-corrected chi connectivity index (χ4v) is 9.19. The quantitative estimate of drug-likeness (QED) is 0.154. The van der Waals surface area contributed by atoms with Crippen LogP contribution in [0.5, 0.6) is 0 Å². The average molecular weight is 696 g/mol. The molecule has 12 heteroatoms. The summed E-state index contributed by atoms with van der Waals surface area (Å²) in [6.07, 6.45) is 2.61. The van der Waals surface area contributed by atoms with Gasteiger partial charge in [0.25, 0.3) is 0 Å². The first-order valence-corrected chi connectivity index (χ1v) is 18.6. The molecule has 2 aromatic carbocycles. The maximum atomic E-state index is 14.4. The number of rotatable bonds is 11. The van der Waals surface area contributed by atoms with Crippen LogP contribution in [-0.2, 0) is 29.9 Å². The van der Waals surface area contributed by atoms with Gasteiger partial charge in [-0.1, -0.05) is 48.5 Å². The van der Waals surface area contributed by atoms with E-state index in [1.54, 1.807) is 48.5 Å². The molecule has 11 nitrogen and oxygen atoms in total. The van der Waals surface area contributed by atoms with E-state index < -0.39 is 41.9 Å². The lowest BCUT2D eigenvalue weighted by Crippen LogP contribution is -2.54. The van der Waals surface area contributed by atoms with Crippen LogP contribution in [0.25, 0.3) is 21.9 Å². The molecule has 1 unspecified atom stereocenters. The normalized spacial score (nSPS) is 20.1. The average Bonchev–Trinajstić information content (AvgIpc) is 3.00. The van der Waals surface area contributed by atoms with Gasteiger partial charge in [0.05, 0.1) is 6.61 Å². The van der Waals surface area contributed by atoms with Crippen molar-refractivity contribution in [3.05, 3.63) is 66.5 Å². The van der Waals surface area contributed by atoms with E-state index in [-0.39, 0.29) is 45.1 Å². The third-order valence-corrected chi connectivity index (χ3v) is 11.7. The standard InChI is InChI=1S/C37H50N3O8P/c1-8-46-49(45)22-21-39(25-28-16-10-12-18-30(28)31-24-38-23-27-15-9-11-17-29(27)31)26-37(49,32(41)42)19-13-14-20-40(33(43)47-35(2,3)4)34(44)48-36(5,6)7/h9-12,15-18,23-24H,8,13-14,19-22,25-26H2,1-7H3,(H,41,42)/t37-,49?/m0/s1. The van der Waals surface area contributed by atoms with Crippen LogP contribution < -0.4 is 0 Å². The highest BCUT2D eigenvalue weighted by atomic mass is 31.2. The van der Waals surface area contributed by atoms with Gasteiger partial charge in [-0.25, -0.2) is 14.5 Å². The van der Waals surface area contributed by atoms with Crippen molar-refractivity contribution < 1.29 is 38.1 Å².